The van der Waals surface area contributed by atoms with Crippen molar-refractivity contribution in [1.29, 1.82) is 5.26 Å². The van der Waals surface area contributed by atoms with E-state index in [0.29, 0.717) is 17.9 Å². The smallest absolute Gasteiger partial charge is 0.246 e. The SMILES string of the molecule is Cc1cc(COc2c(C#N)oc3ccccc23)n(C)n1. The molecule has 0 aliphatic carbocycles. The van der Waals surface area contributed by atoms with Gasteiger partial charge in [-0.2, -0.15) is 10.4 Å². The lowest BCUT2D eigenvalue weighted by Crippen LogP contribution is -2.03. The third-order valence-corrected chi connectivity index (χ3v) is 3.11. The van der Waals surface area contributed by atoms with Gasteiger partial charge in [0.25, 0.3) is 0 Å². The molecular formula is C15H13N3O2. The molecule has 0 saturated heterocycles. The normalized spacial score (nSPS) is 10.7. The molecule has 0 bridgehead atoms. The molecule has 100 valence electrons. The summed E-state index contributed by atoms with van der Waals surface area (Å²) in [6, 6.07) is 11.4. The Morgan fingerprint density at radius 3 is 2.90 bits per heavy atom. The Hall–Kier alpha value is -2.74. The van der Waals surface area contributed by atoms with Crippen LogP contribution >= 0.6 is 0 Å². The Morgan fingerprint density at radius 2 is 2.20 bits per heavy atom. The molecule has 20 heavy (non-hydrogen) atoms. The van der Waals surface area contributed by atoms with Crippen LogP contribution in [0, 0.1) is 18.3 Å². The van der Waals surface area contributed by atoms with Crippen LogP contribution in [0.5, 0.6) is 5.75 Å². The van der Waals surface area contributed by atoms with Crippen LogP contribution in [0.25, 0.3) is 11.0 Å². The number of hydrogen-bond acceptors (Lipinski definition) is 4. The zero-order valence-electron chi connectivity index (χ0n) is 11.3. The Morgan fingerprint density at radius 1 is 1.40 bits per heavy atom. The first-order chi connectivity index (χ1) is 9.69. The molecule has 0 amide bonds. The van der Waals surface area contributed by atoms with Crippen molar-refractivity contribution < 1.29 is 9.15 Å². The second kappa shape index (κ2) is 4.74. The van der Waals surface area contributed by atoms with Crippen LogP contribution in [0.4, 0.5) is 0 Å². The Labute approximate surface area is 116 Å². The van der Waals surface area contributed by atoms with Crippen molar-refractivity contribution in [3.8, 4) is 11.8 Å². The van der Waals surface area contributed by atoms with Crippen LogP contribution < -0.4 is 4.74 Å². The fourth-order valence-electron chi connectivity index (χ4n) is 2.18. The largest absolute Gasteiger partial charge is 0.482 e. The van der Waals surface area contributed by atoms with Crippen LogP contribution in [0.1, 0.15) is 17.1 Å². The van der Waals surface area contributed by atoms with Gasteiger partial charge >= 0.3 is 0 Å². The van der Waals surface area contributed by atoms with Gasteiger partial charge < -0.3 is 9.15 Å². The summed E-state index contributed by atoms with van der Waals surface area (Å²) in [6.45, 7) is 2.27. The number of rotatable bonds is 3. The van der Waals surface area contributed by atoms with Gasteiger partial charge in [-0.15, -0.1) is 0 Å². The third-order valence-electron chi connectivity index (χ3n) is 3.11. The van der Waals surface area contributed by atoms with E-state index in [9.17, 15) is 0 Å². The highest BCUT2D eigenvalue weighted by molar-refractivity contribution is 5.86. The molecule has 0 aliphatic rings. The van der Waals surface area contributed by atoms with E-state index < -0.39 is 0 Å². The Bertz CT molecular complexity index is 808. The maximum absolute atomic E-state index is 9.13. The summed E-state index contributed by atoms with van der Waals surface area (Å²) in [4.78, 5) is 0. The number of furan rings is 1. The number of ether oxygens (including phenoxy) is 1. The van der Waals surface area contributed by atoms with E-state index in [1.807, 2.05) is 50.4 Å². The molecule has 5 nitrogen and oxygen atoms in total. The fourth-order valence-corrected chi connectivity index (χ4v) is 2.18. The van der Waals surface area contributed by atoms with Crippen molar-refractivity contribution in [1.82, 2.24) is 9.78 Å². The molecule has 2 heterocycles. The topological polar surface area (TPSA) is 64.0 Å². The van der Waals surface area contributed by atoms with Gasteiger partial charge in [0.15, 0.2) is 5.75 Å². The minimum atomic E-state index is 0.199. The predicted molar refractivity (Wildman–Crippen MR) is 73.2 cm³/mol. The maximum Gasteiger partial charge on any atom is 0.246 e. The van der Waals surface area contributed by atoms with Gasteiger partial charge in [0.05, 0.1) is 16.8 Å². The first kappa shape index (κ1) is 12.3. The van der Waals surface area contributed by atoms with Crippen molar-refractivity contribution in [2.75, 3.05) is 0 Å². The predicted octanol–water partition coefficient (Wildman–Crippen LogP) is 2.93. The van der Waals surface area contributed by atoms with Crippen molar-refractivity contribution in [3.05, 3.63) is 47.5 Å². The quantitative estimate of drug-likeness (QED) is 0.732. The summed E-state index contributed by atoms with van der Waals surface area (Å²) in [5.74, 6) is 0.687. The fraction of sp³-hybridized carbons (Fsp3) is 0.200. The number of aromatic nitrogens is 2. The minimum Gasteiger partial charge on any atom is -0.482 e. The maximum atomic E-state index is 9.13. The van der Waals surface area contributed by atoms with Crippen LogP contribution in [-0.4, -0.2) is 9.78 Å². The number of benzene rings is 1. The Kier molecular flexibility index (Phi) is 2.92. The summed E-state index contributed by atoms with van der Waals surface area (Å²) >= 11 is 0. The van der Waals surface area contributed by atoms with E-state index in [1.54, 1.807) is 4.68 Å². The first-order valence-corrected chi connectivity index (χ1v) is 6.23. The average Bonchev–Trinajstić information content (AvgIpc) is 2.96. The second-order valence-corrected chi connectivity index (χ2v) is 4.56. The molecule has 0 atom stereocenters. The molecule has 5 heteroatoms. The molecule has 0 unspecified atom stereocenters. The molecule has 0 saturated carbocycles. The van der Waals surface area contributed by atoms with Gasteiger partial charge in [-0.3, -0.25) is 4.68 Å². The van der Waals surface area contributed by atoms with Crippen molar-refractivity contribution in [2.45, 2.75) is 13.5 Å². The number of para-hydroxylation sites is 1. The van der Waals surface area contributed by atoms with Gasteiger partial charge in [0.2, 0.25) is 5.76 Å². The number of nitrogens with zero attached hydrogens (tertiary/aromatic N) is 3. The summed E-state index contributed by atoms with van der Waals surface area (Å²) in [5.41, 5.74) is 2.53. The van der Waals surface area contributed by atoms with Crippen LogP contribution in [0.2, 0.25) is 0 Å². The molecule has 1 aromatic carbocycles. The highest BCUT2D eigenvalue weighted by Gasteiger charge is 2.15. The van der Waals surface area contributed by atoms with Crippen molar-refractivity contribution in [3.63, 3.8) is 0 Å². The summed E-state index contributed by atoms with van der Waals surface area (Å²) in [7, 11) is 1.87. The van der Waals surface area contributed by atoms with E-state index in [0.717, 1.165) is 16.8 Å². The van der Waals surface area contributed by atoms with Gasteiger partial charge in [-0.25, -0.2) is 0 Å². The minimum absolute atomic E-state index is 0.199. The molecule has 0 fully saturated rings. The number of hydrogen-bond donors (Lipinski definition) is 0. The molecule has 3 aromatic rings. The molecule has 0 radical (unpaired) electrons. The zero-order chi connectivity index (χ0) is 14.1. The Balaban J connectivity index is 1.94. The number of nitriles is 1. The standard InChI is InChI=1S/C15H13N3O2/c1-10-7-11(18(2)17-10)9-19-15-12-5-3-4-6-13(12)20-14(15)8-16/h3-7H,9H2,1-2H3. The van der Waals surface area contributed by atoms with Gasteiger partial charge in [0, 0.05) is 7.05 Å². The van der Waals surface area contributed by atoms with E-state index in [-0.39, 0.29) is 5.76 Å². The third kappa shape index (κ3) is 2.01. The molecular weight excluding hydrogens is 254 g/mol. The second-order valence-electron chi connectivity index (χ2n) is 4.56. The number of aryl methyl sites for hydroxylation is 2. The summed E-state index contributed by atoms with van der Waals surface area (Å²) in [6.07, 6.45) is 0. The van der Waals surface area contributed by atoms with Crippen LogP contribution in [0.3, 0.4) is 0 Å². The lowest BCUT2D eigenvalue weighted by atomic mass is 10.2. The van der Waals surface area contributed by atoms with Crippen LogP contribution in [0.15, 0.2) is 34.7 Å². The summed E-state index contributed by atoms with van der Waals surface area (Å²) < 4.78 is 13.0. The van der Waals surface area contributed by atoms with Gasteiger partial charge in [0.1, 0.15) is 18.3 Å². The van der Waals surface area contributed by atoms with Gasteiger partial charge in [-0.1, -0.05) is 12.1 Å². The molecule has 0 spiro atoms. The first-order valence-electron chi connectivity index (χ1n) is 6.23. The molecule has 0 aliphatic heterocycles. The lowest BCUT2D eigenvalue weighted by Gasteiger charge is -2.04. The van der Waals surface area contributed by atoms with Crippen LogP contribution in [-0.2, 0) is 13.7 Å². The van der Waals surface area contributed by atoms with E-state index in [2.05, 4.69) is 5.10 Å². The van der Waals surface area contributed by atoms with Gasteiger partial charge in [-0.05, 0) is 25.1 Å². The van der Waals surface area contributed by atoms with E-state index in [4.69, 9.17) is 14.4 Å². The molecule has 0 N–H and O–H groups in total. The average molecular weight is 267 g/mol. The highest BCUT2D eigenvalue weighted by Crippen LogP contribution is 2.32. The van der Waals surface area contributed by atoms with E-state index >= 15 is 0 Å². The van der Waals surface area contributed by atoms with Crippen molar-refractivity contribution >= 4 is 11.0 Å². The van der Waals surface area contributed by atoms with Crippen molar-refractivity contribution in [2.24, 2.45) is 7.05 Å². The summed E-state index contributed by atoms with van der Waals surface area (Å²) in [5, 5.41) is 14.2. The number of fused-ring (bicyclic) bond motifs is 1. The molecule has 2 aromatic heterocycles. The lowest BCUT2D eigenvalue weighted by molar-refractivity contribution is 0.292. The zero-order valence-corrected chi connectivity index (χ0v) is 11.3. The highest BCUT2D eigenvalue weighted by atomic mass is 16.5. The monoisotopic (exact) mass is 267 g/mol. The van der Waals surface area contributed by atoms with E-state index in [1.165, 1.54) is 0 Å². The molecule has 3 rings (SSSR count).